The normalized spacial score (nSPS) is 11.9. The zero-order valence-electron chi connectivity index (χ0n) is 13.6. The first kappa shape index (κ1) is 16.3. The van der Waals surface area contributed by atoms with Crippen LogP contribution in [0.2, 0.25) is 0 Å². The highest BCUT2D eigenvalue weighted by Crippen LogP contribution is 2.23. The summed E-state index contributed by atoms with van der Waals surface area (Å²) in [6.07, 6.45) is 0.839. The number of thiophene rings is 1. The Morgan fingerprint density at radius 3 is 2.75 bits per heavy atom. The molecule has 5 nitrogen and oxygen atoms in total. The van der Waals surface area contributed by atoms with Crippen molar-refractivity contribution >= 4 is 17.2 Å². The van der Waals surface area contributed by atoms with Gasteiger partial charge in [-0.25, -0.2) is 0 Å². The van der Waals surface area contributed by atoms with E-state index in [0.29, 0.717) is 5.69 Å². The maximum absolute atomic E-state index is 12.5. The van der Waals surface area contributed by atoms with Crippen LogP contribution >= 0.6 is 11.3 Å². The van der Waals surface area contributed by atoms with Crippen molar-refractivity contribution in [1.29, 1.82) is 0 Å². The number of ether oxygens (including phenoxy) is 1. The van der Waals surface area contributed by atoms with E-state index >= 15 is 0 Å². The molecule has 1 amide bonds. The molecular weight excluding hydrogens is 322 g/mol. The van der Waals surface area contributed by atoms with E-state index in [4.69, 9.17) is 4.74 Å². The third kappa shape index (κ3) is 3.49. The molecule has 0 saturated heterocycles. The topological polar surface area (TPSA) is 67.0 Å². The summed E-state index contributed by atoms with van der Waals surface area (Å²) in [6, 6.07) is 13.4. The molecule has 3 aromatic rings. The molecule has 0 saturated carbocycles. The average Bonchev–Trinajstić information content (AvgIpc) is 3.31. The number of amides is 1. The highest BCUT2D eigenvalue weighted by Gasteiger charge is 2.17. The summed E-state index contributed by atoms with van der Waals surface area (Å²) >= 11 is 1.65. The van der Waals surface area contributed by atoms with E-state index in [1.807, 2.05) is 41.8 Å². The Kier molecular flexibility index (Phi) is 4.96. The first-order chi connectivity index (χ1) is 11.7. The zero-order chi connectivity index (χ0) is 16.9. The first-order valence-electron chi connectivity index (χ1n) is 7.75. The number of aromatic amines is 1. The van der Waals surface area contributed by atoms with Gasteiger partial charge in [0.25, 0.3) is 5.91 Å². The van der Waals surface area contributed by atoms with E-state index in [1.165, 1.54) is 0 Å². The van der Waals surface area contributed by atoms with Gasteiger partial charge in [0.1, 0.15) is 11.4 Å². The molecule has 0 fully saturated rings. The number of rotatable bonds is 6. The van der Waals surface area contributed by atoms with Gasteiger partial charge in [-0.1, -0.05) is 13.0 Å². The van der Waals surface area contributed by atoms with Crippen LogP contribution in [0.5, 0.6) is 5.75 Å². The predicted octanol–water partition coefficient (Wildman–Crippen LogP) is 4.03. The van der Waals surface area contributed by atoms with Crippen molar-refractivity contribution in [3.05, 3.63) is 58.4 Å². The van der Waals surface area contributed by atoms with E-state index in [0.717, 1.165) is 28.3 Å². The number of nitrogens with zero attached hydrogens (tertiary/aromatic N) is 1. The van der Waals surface area contributed by atoms with Crippen LogP contribution in [-0.2, 0) is 0 Å². The summed E-state index contributed by atoms with van der Waals surface area (Å²) < 4.78 is 5.15. The molecule has 1 unspecified atom stereocenters. The molecule has 0 aliphatic carbocycles. The Hall–Kier alpha value is -2.60. The predicted molar refractivity (Wildman–Crippen MR) is 95.4 cm³/mol. The second-order valence-electron chi connectivity index (χ2n) is 5.35. The fourth-order valence-corrected chi connectivity index (χ4v) is 3.31. The molecule has 0 aliphatic heterocycles. The maximum Gasteiger partial charge on any atom is 0.269 e. The lowest BCUT2D eigenvalue weighted by atomic mass is 10.1. The number of aromatic nitrogens is 2. The summed E-state index contributed by atoms with van der Waals surface area (Å²) in [5.74, 6) is 0.636. The summed E-state index contributed by atoms with van der Waals surface area (Å²) in [7, 11) is 1.63. The van der Waals surface area contributed by atoms with Crippen LogP contribution < -0.4 is 10.1 Å². The molecule has 2 heterocycles. The highest BCUT2D eigenvalue weighted by atomic mass is 32.1. The second kappa shape index (κ2) is 7.31. The number of carbonyl (C=O) groups is 1. The zero-order valence-corrected chi connectivity index (χ0v) is 14.4. The van der Waals surface area contributed by atoms with Crippen LogP contribution in [0.15, 0.2) is 47.8 Å². The lowest BCUT2D eigenvalue weighted by molar-refractivity contribution is 0.0931. The molecule has 0 radical (unpaired) electrons. The molecule has 0 spiro atoms. The van der Waals surface area contributed by atoms with Crippen molar-refractivity contribution in [2.45, 2.75) is 19.4 Å². The average molecular weight is 341 g/mol. The minimum atomic E-state index is -0.150. The summed E-state index contributed by atoms with van der Waals surface area (Å²) in [6.45, 7) is 2.06. The van der Waals surface area contributed by atoms with Gasteiger partial charge in [0, 0.05) is 10.4 Å². The van der Waals surface area contributed by atoms with Gasteiger partial charge in [0.2, 0.25) is 0 Å². The second-order valence-corrected chi connectivity index (χ2v) is 6.32. The number of hydrogen-bond donors (Lipinski definition) is 2. The number of methoxy groups -OCH3 is 1. The van der Waals surface area contributed by atoms with Crippen LogP contribution in [-0.4, -0.2) is 23.2 Å². The third-order valence-electron chi connectivity index (χ3n) is 3.81. The molecule has 1 aromatic carbocycles. The Bertz CT molecular complexity index is 794. The third-order valence-corrected chi connectivity index (χ3v) is 4.79. The van der Waals surface area contributed by atoms with E-state index in [1.54, 1.807) is 24.5 Å². The molecular formula is C18H19N3O2S. The quantitative estimate of drug-likeness (QED) is 0.711. The first-order valence-corrected chi connectivity index (χ1v) is 8.63. The van der Waals surface area contributed by atoms with Crippen molar-refractivity contribution in [1.82, 2.24) is 15.5 Å². The molecule has 3 rings (SSSR count). The minimum Gasteiger partial charge on any atom is -0.497 e. The molecule has 24 heavy (non-hydrogen) atoms. The molecule has 2 aromatic heterocycles. The number of benzene rings is 1. The van der Waals surface area contributed by atoms with Crippen molar-refractivity contribution in [3.8, 4) is 17.0 Å². The van der Waals surface area contributed by atoms with E-state index in [-0.39, 0.29) is 11.9 Å². The van der Waals surface area contributed by atoms with Crippen molar-refractivity contribution in [2.24, 2.45) is 0 Å². The number of hydrogen-bond acceptors (Lipinski definition) is 4. The Morgan fingerprint density at radius 1 is 1.33 bits per heavy atom. The SMILES string of the molecule is CCC(NC(=O)c1cc(-c2ccc(OC)cc2)n[nH]1)c1cccs1. The van der Waals surface area contributed by atoms with E-state index in [9.17, 15) is 4.79 Å². The largest absolute Gasteiger partial charge is 0.497 e. The molecule has 0 aliphatic rings. The number of H-pyrrole nitrogens is 1. The van der Waals surface area contributed by atoms with Gasteiger partial charge < -0.3 is 10.1 Å². The number of nitrogens with one attached hydrogen (secondary N) is 2. The van der Waals surface area contributed by atoms with E-state index in [2.05, 4.69) is 22.4 Å². The smallest absolute Gasteiger partial charge is 0.269 e. The molecule has 124 valence electrons. The summed E-state index contributed by atoms with van der Waals surface area (Å²) in [5, 5.41) is 12.1. The van der Waals surface area contributed by atoms with Gasteiger partial charge in [0.05, 0.1) is 18.8 Å². The van der Waals surface area contributed by atoms with Crippen molar-refractivity contribution in [2.75, 3.05) is 7.11 Å². The maximum atomic E-state index is 12.5. The minimum absolute atomic E-state index is 0.0187. The molecule has 2 N–H and O–H groups in total. The van der Waals surface area contributed by atoms with Gasteiger partial charge in [0.15, 0.2) is 0 Å². The summed E-state index contributed by atoms with van der Waals surface area (Å²) in [4.78, 5) is 13.6. The van der Waals surface area contributed by atoms with Gasteiger partial charge in [-0.2, -0.15) is 5.10 Å². The highest BCUT2D eigenvalue weighted by molar-refractivity contribution is 7.10. The lowest BCUT2D eigenvalue weighted by Crippen LogP contribution is -2.27. The van der Waals surface area contributed by atoms with Crippen LogP contribution in [0.1, 0.15) is 34.8 Å². The lowest BCUT2D eigenvalue weighted by Gasteiger charge is -2.14. The van der Waals surface area contributed by atoms with Crippen LogP contribution in [0.4, 0.5) is 0 Å². The van der Waals surface area contributed by atoms with Crippen LogP contribution in [0.25, 0.3) is 11.3 Å². The van der Waals surface area contributed by atoms with E-state index < -0.39 is 0 Å². The standard InChI is InChI=1S/C18H19N3O2S/c1-3-14(17-5-4-10-24-17)19-18(22)16-11-15(20-21-16)12-6-8-13(23-2)9-7-12/h4-11,14H,3H2,1-2H3,(H,19,22)(H,20,21). The Morgan fingerprint density at radius 2 is 2.12 bits per heavy atom. The Balaban J connectivity index is 1.73. The van der Waals surface area contributed by atoms with Gasteiger partial charge in [-0.15, -0.1) is 11.3 Å². The summed E-state index contributed by atoms with van der Waals surface area (Å²) in [5.41, 5.74) is 2.11. The van der Waals surface area contributed by atoms with Gasteiger partial charge in [-0.05, 0) is 48.2 Å². The monoisotopic (exact) mass is 341 g/mol. The molecule has 0 bridgehead atoms. The molecule has 1 atom stereocenters. The fraction of sp³-hybridized carbons (Fsp3) is 0.222. The van der Waals surface area contributed by atoms with Crippen molar-refractivity contribution in [3.63, 3.8) is 0 Å². The van der Waals surface area contributed by atoms with Crippen LogP contribution in [0.3, 0.4) is 0 Å². The van der Waals surface area contributed by atoms with Gasteiger partial charge >= 0.3 is 0 Å². The number of carbonyl (C=O) groups excluding carboxylic acids is 1. The molecule has 6 heteroatoms. The van der Waals surface area contributed by atoms with Gasteiger partial charge in [-0.3, -0.25) is 9.89 Å². The van der Waals surface area contributed by atoms with Crippen molar-refractivity contribution < 1.29 is 9.53 Å². The Labute approximate surface area is 144 Å². The van der Waals surface area contributed by atoms with Crippen LogP contribution in [0, 0.1) is 0 Å². The fourth-order valence-electron chi connectivity index (χ4n) is 2.45.